The molecule has 3 nitrogen and oxygen atoms in total. The Balaban J connectivity index is 2.33. The second kappa shape index (κ2) is 2.72. The molecule has 2 aliphatic carbocycles. The molecule has 2 rings (SSSR count). The topological polar surface area (TPSA) is 49.3 Å². The Morgan fingerprint density at radius 1 is 1.43 bits per heavy atom. The number of hydrogen-bond donors (Lipinski definition) is 2. The number of rotatable bonds is 2. The predicted octanol–water partition coefficient (Wildman–Crippen LogP) is 0.918. The molecular formula is C11H19NO2. The summed E-state index contributed by atoms with van der Waals surface area (Å²) in [6.45, 7) is 6.56. The molecule has 14 heavy (non-hydrogen) atoms. The molecule has 2 bridgehead atoms. The van der Waals surface area contributed by atoms with E-state index >= 15 is 0 Å². The van der Waals surface area contributed by atoms with E-state index in [4.69, 9.17) is 0 Å². The minimum absolute atomic E-state index is 0.0294. The van der Waals surface area contributed by atoms with Crippen LogP contribution in [0.2, 0.25) is 0 Å². The second-order valence-corrected chi connectivity index (χ2v) is 5.54. The lowest BCUT2D eigenvalue weighted by atomic mass is 9.70. The van der Waals surface area contributed by atoms with Gasteiger partial charge in [0.1, 0.15) is 0 Å². The van der Waals surface area contributed by atoms with Crippen molar-refractivity contribution < 1.29 is 9.90 Å². The first kappa shape index (κ1) is 9.97. The van der Waals surface area contributed by atoms with Crippen LogP contribution < -0.4 is 5.32 Å². The Morgan fingerprint density at radius 3 is 2.50 bits per heavy atom. The molecule has 0 aliphatic heterocycles. The van der Waals surface area contributed by atoms with E-state index in [-0.39, 0.29) is 23.0 Å². The minimum atomic E-state index is -0.388. The first-order valence-corrected chi connectivity index (χ1v) is 5.33. The van der Waals surface area contributed by atoms with Crippen molar-refractivity contribution in [3.05, 3.63) is 0 Å². The summed E-state index contributed by atoms with van der Waals surface area (Å²) in [5, 5.41) is 13.0. The monoisotopic (exact) mass is 197 g/mol. The van der Waals surface area contributed by atoms with Crippen LogP contribution in [0.1, 0.15) is 33.6 Å². The Morgan fingerprint density at radius 2 is 2.07 bits per heavy atom. The maximum absolute atomic E-state index is 10.5. The molecule has 80 valence electrons. The lowest BCUT2D eigenvalue weighted by molar-refractivity contribution is -0.111. The lowest BCUT2D eigenvalue weighted by Crippen LogP contribution is -2.46. The van der Waals surface area contributed by atoms with Gasteiger partial charge in [0.15, 0.2) is 0 Å². The lowest BCUT2D eigenvalue weighted by Gasteiger charge is -2.37. The van der Waals surface area contributed by atoms with Gasteiger partial charge in [0.2, 0.25) is 6.41 Å². The van der Waals surface area contributed by atoms with Crippen LogP contribution in [0.5, 0.6) is 0 Å². The van der Waals surface area contributed by atoms with Gasteiger partial charge in [-0.3, -0.25) is 4.79 Å². The van der Waals surface area contributed by atoms with Gasteiger partial charge in [-0.05, 0) is 24.2 Å². The standard InChI is InChI=1S/C11H19NO2/c1-10(2)7-4-5-11(10,3)9(14)8(7)12-6-13/h6-9,14H,4-5H2,1-3H3,(H,12,13). The summed E-state index contributed by atoms with van der Waals surface area (Å²) in [6.07, 6.45) is 2.52. The molecule has 0 radical (unpaired) electrons. The van der Waals surface area contributed by atoms with Gasteiger partial charge >= 0.3 is 0 Å². The van der Waals surface area contributed by atoms with Crippen molar-refractivity contribution in [3.8, 4) is 0 Å². The predicted molar refractivity (Wildman–Crippen MR) is 53.6 cm³/mol. The van der Waals surface area contributed by atoms with Crippen molar-refractivity contribution in [2.75, 3.05) is 0 Å². The van der Waals surface area contributed by atoms with E-state index in [9.17, 15) is 9.90 Å². The summed E-state index contributed by atoms with van der Waals surface area (Å²) in [7, 11) is 0. The van der Waals surface area contributed by atoms with Crippen LogP contribution in [0.3, 0.4) is 0 Å². The van der Waals surface area contributed by atoms with Crippen LogP contribution in [0.15, 0.2) is 0 Å². The Hall–Kier alpha value is -0.570. The number of aliphatic hydroxyl groups is 1. The number of hydrogen-bond acceptors (Lipinski definition) is 2. The summed E-state index contributed by atoms with van der Waals surface area (Å²) in [6, 6.07) is -0.0405. The highest BCUT2D eigenvalue weighted by Gasteiger charge is 2.65. The van der Waals surface area contributed by atoms with E-state index in [1.165, 1.54) is 0 Å². The van der Waals surface area contributed by atoms with Gasteiger partial charge in [0.05, 0.1) is 12.1 Å². The van der Waals surface area contributed by atoms with Crippen molar-refractivity contribution in [1.82, 2.24) is 5.32 Å². The molecule has 0 aromatic carbocycles. The molecule has 0 aromatic heterocycles. The fraction of sp³-hybridized carbons (Fsp3) is 0.909. The quantitative estimate of drug-likeness (QED) is 0.647. The molecule has 4 unspecified atom stereocenters. The molecule has 1 amide bonds. The number of aliphatic hydroxyl groups excluding tert-OH is 1. The van der Waals surface area contributed by atoms with Crippen LogP contribution in [-0.2, 0) is 4.79 Å². The van der Waals surface area contributed by atoms with E-state index in [1.807, 2.05) is 0 Å². The number of carbonyl (C=O) groups is 1. The summed E-state index contributed by atoms with van der Waals surface area (Å²) < 4.78 is 0. The summed E-state index contributed by atoms with van der Waals surface area (Å²) in [5.74, 6) is 0.424. The molecule has 3 heteroatoms. The van der Waals surface area contributed by atoms with Crippen LogP contribution in [-0.4, -0.2) is 23.7 Å². The van der Waals surface area contributed by atoms with Gasteiger partial charge in [0, 0.05) is 5.41 Å². The Labute approximate surface area is 84.9 Å². The zero-order valence-corrected chi connectivity index (χ0v) is 9.08. The van der Waals surface area contributed by atoms with Crippen LogP contribution >= 0.6 is 0 Å². The van der Waals surface area contributed by atoms with Crippen molar-refractivity contribution >= 4 is 6.41 Å². The number of nitrogens with one attached hydrogen (secondary N) is 1. The minimum Gasteiger partial charge on any atom is -0.390 e. The van der Waals surface area contributed by atoms with Crippen molar-refractivity contribution in [3.63, 3.8) is 0 Å². The van der Waals surface area contributed by atoms with E-state index in [1.54, 1.807) is 0 Å². The van der Waals surface area contributed by atoms with Gasteiger partial charge in [-0.2, -0.15) is 0 Å². The van der Waals surface area contributed by atoms with E-state index in [0.717, 1.165) is 12.8 Å². The molecule has 2 saturated carbocycles. The van der Waals surface area contributed by atoms with Gasteiger partial charge < -0.3 is 10.4 Å². The van der Waals surface area contributed by atoms with E-state index in [2.05, 4.69) is 26.1 Å². The average Bonchev–Trinajstić information content (AvgIpc) is 2.41. The largest absolute Gasteiger partial charge is 0.390 e. The summed E-state index contributed by atoms with van der Waals surface area (Å²) in [5.41, 5.74) is 0.103. The zero-order chi connectivity index (χ0) is 10.6. The van der Waals surface area contributed by atoms with Crippen LogP contribution in [0.4, 0.5) is 0 Å². The maximum Gasteiger partial charge on any atom is 0.207 e. The maximum atomic E-state index is 10.5. The molecule has 2 fully saturated rings. The second-order valence-electron chi connectivity index (χ2n) is 5.54. The molecule has 4 atom stereocenters. The van der Waals surface area contributed by atoms with Gasteiger partial charge in [-0.1, -0.05) is 20.8 Å². The van der Waals surface area contributed by atoms with Crippen molar-refractivity contribution in [2.24, 2.45) is 16.7 Å². The number of carbonyl (C=O) groups excluding carboxylic acids is 1. The van der Waals surface area contributed by atoms with Crippen molar-refractivity contribution in [2.45, 2.75) is 45.8 Å². The van der Waals surface area contributed by atoms with Gasteiger partial charge in [-0.25, -0.2) is 0 Å². The molecule has 2 N–H and O–H groups in total. The van der Waals surface area contributed by atoms with Crippen LogP contribution in [0.25, 0.3) is 0 Å². The number of fused-ring (bicyclic) bond motifs is 2. The van der Waals surface area contributed by atoms with Gasteiger partial charge in [-0.15, -0.1) is 0 Å². The third-order valence-electron chi connectivity index (χ3n) is 5.06. The summed E-state index contributed by atoms with van der Waals surface area (Å²) >= 11 is 0. The SMILES string of the molecule is CC1(C)C2CCC1(C)C(O)C2NC=O. The molecule has 2 aliphatic rings. The van der Waals surface area contributed by atoms with E-state index < -0.39 is 0 Å². The Bertz CT molecular complexity index is 264. The fourth-order valence-electron chi connectivity index (χ4n) is 3.62. The first-order chi connectivity index (χ1) is 6.45. The molecule has 0 spiro atoms. The highest BCUT2D eigenvalue weighted by Crippen LogP contribution is 2.65. The van der Waals surface area contributed by atoms with E-state index in [0.29, 0.717) is 12.3 Å². The Kier molecular flexibility index (Phi) is 1.94. The summed E-state index contributed by atoms with van der Waals surface area (Å²) in [4.78, 5) is 10.5. The number of amides is 1. The molecule has 0 saturated heterocycles. The highest BCUT2D eigenvalue weighted by molar-refractivity contribution is 5.48. The first-order valence-electron chi connectivity index (χ1n) is 5.33. The molecular weight excluding hydrogens is 178 g/mol. The zero-order valence-electron chi connectivity index (χ0n) is 9.08. The smallest absolute Gasteiger partial charge is 0.207 e. The van der Waals surface area contributed by atoms with Crippen molar-refractivity contribution in [1.29, 1.82) is 0 Å². The third kappa shape index (κ3) is 0.888. The molecule has 0 aromatic rings. The normalized spacial score (nSPS) is 49.3. The average molecular weight is 197 g/mol. The van der Waals surface area contributed by atoms with Crippen LogP contribution in [0, 0.1) is 16.7 Å². The third-order valence-corrected chi connectivity index (χ3v) is 5.06. The van der Waals surface area contributed by atoms with Gasteiger partial charge in [0.25, 0.3) is 0 Å². The fourth-order valence-corrected chi connectivity index (χ4v) is 3.62. The highest BCUT2D eigenvalue weighted by atomic mass is 16.3. The molecule has 0 heterocycles.